The van der Waals surface area contributed by atoms with Gasteiger partial charge >= 0.3 is 0 Å². The molecular weight excluding hydrogens is 458 g/mol. The number of nitrogens with zero attached hydrogens (tertiary/aromatic N) is 7. The first-order valence-corrected chi connectivity index (χ1v) is 12.5. The minimum absolute atomic E-state index is 0.623. The summed E-state index contributed by atoms with van der Waals surface area (Å²) in [6.07, 6.45) is 1.57. The molecule has 2 aromatic carbocycles. The highest BCUT2D eigenvalue weighted by Crippen LogP contribution is 2.27. The van der Waals surface area contributed by atoms with Gasteiger partial charge in [-0.15, -0.1) is 11.3 Å². The molecule has 3 aromatic heterocycles. The molecule has 8 nitrogen and oxygen atoms in total. The van der Waals surface area contributed by atoms with E-state index in [0.717, 1.165) is 71.8 Å². The molecule has 6 rings (SSSR count). The van der Waals surface area contributed by atoms with Gasteiger partial charge in [0.2, 0.25) is 0 Å². The third kappa shape index (κ3) is 4.48. The van der Waals surface area contributed by atoms with E-state index in [-0.39, 0.29) is 0 Å². The first-order chi connectivity index (χ1) is 17.3. The van der Waals surface area contributed by atoms with Crippen LogP contribution in [0.5, 0.6) is 5.75 Å². The highest BCUT2D eigenvalue weighted by atomic mass is 32.1. The molecule has 5 aromatic rings. The van der Waals surface area contributed by atoms with Gasteiger partial charge in [0.15, 0.2) is 0 Å². The van der Waals surface area contributed by atoms with Crippen molar-refractivity contribution in [3.63, 3.8) is 0 Å². The molecule has 9 heteroatoms. The van der Waals surface area contributed by atoms with Crippen LogP contribution in [0.2, 0.25) is 0 Å². The van der Waals surface area contributed by atoms with E-state index in [0.29, 0.717) is 5.78 Å². The average molecular weight is 484 g/mol. The minimum atomic E-state index is 0.623. The molecule has 0 bridgehead atoms. The number of hydrogen-bond donors (Lipinski definition) is 0. The summed E-state index contributed by atoms with van der Waals surface area (Å²) >= 11 is 1.69. The summed E-state index contributed by atoms with van der Waals surface area (Å²) in [6.45, 7) is 4.57. The molecule has 176 valence electrons. The lowest BCUT2D eigenvalue weighted by Crippen LogP contribution is -2.46. The number of aromatic nitrogens is 5. The number of methoxy groups -OCH3 is 1. The normalized spacial score (nSPS) is 14.5. The molecule has 1 aliphatic rings. The summed E-state index contributed by atoms with van der Waals surface area (Å²) in [5, 5.41) is 7.64. The van der Waals surface area contributed by atoms with Crippen molar-refractivity contribution in [2.75, 3.05) is 38.2 Å². The van der Waals surface area contributed by atoms with Gasteiger partial charge in [0.1, 0.15) is 22.9 Å². The number of piperazine rings is 1. The van der Waals surface area contributed by atoms with Crippen molar-refractivity contribution in [1.82, 2.24) is 29.5 Å². The van der Waals surface area contributed by atoms with Crippen LogP contribution in [0.15, 0.2) is 72.4 Å². The van der Waals surface area contributed by atoms with Crippen LogP contribution in [0, 0.1) is 0 Å². The van der Waals surface area contributed by atoms with E-state index in [1.54, 1.807) is 24.8 Å². The molecule has 0 aliphatic carbocycles. The smallest absolute Gasteiger partial charge is 0.254 e. The molecule has 0 saturated carbocycles. The van der Waals surface area contributed by atoms with Crippen molar-refractivity contribution in [3.8, 4) is 27.6 Å². The van der Waals surface area contributed by atoms with Gasteiger partial charge in [-0.3, -0.25) is 4.90 Å². The molecule has 35 heavy (non-hydrogen) atoms. The molecule has 1 fully saturated rings. The fourth-order valence-electron chi connectivity index (χ4n) is 4.39. The van der Waals surface area contributed by atoms with E-state index >= 15 is 0 Å². The molecule has 0 radical (unpaired) electrons. The number of hydrogen-bond acceptors (Lipinski definition) is 8. The predicted molar refractivity (Wildman–Crippen MR) is 138 cm³/mol. The molecule has 4 heterocycles. The Morgan fingerprint density at radius 3 is 2.49 bits per heavy atom. The number of benzene rings is 2. The second-order valence-corrected chi connectivity index (χ2v) is 9.33. The zero-order valence-corrected chi connectivity index (χ0v) is 20.2. The molecule has 0 unspecified atom stereocenters. The fourth-order valence-corrected chi connectivity index (χ4v) is 5.21. The van der Waals surface area contributed by atoms with Crippen molar-refractivity contribution in [3.05, 3.63) is 78.1 Å². The molecule has 0 spiro atoms. The van der Waals surface area contributed by atoms with E-state index in [1.807, 2.05) is 34.8 Å². The first kappa shape index (κ1) is 21.7. The number of anilines is 1. The maximum atomic E-state index is 5.26. The lowest BCUT2D eigenvalue weighted by molar-refractivity contribution is 0.246. The van der Waals surface area contributed by atoms with E-state index in [1.165, 1.54) is 0 Å². The topological polar surface area (TPSA) is 71.7 Å². The van der Waals surface area contributed by atoms with E-state index in [4.69, 9.17) is 14.7 Å². The van der Waals surface area contributed by atoms with Crippen LogP contribution in [0.25, 0.3) is 27.6 Å². The quantitative estimate of drug-likeness (QED) is 0.358. The molecular formula is C26H25N7OS. The van der Waals surface area contributed by atoms with Gasteiger partial charge in [-0.05, 0) is 24.3 Å². The second kappa shape index (κ2) is 9.44. The van der Waals surface area contributed by atoms with Crippen LogP contribution in [0.4, 0.5) is 5.82 Å². The van der Waals surface area contributed by atoms with Gasteiger partial charge in [-0.1, -0.05) is 30.3 Å². The summed E-state index contributed by atoms with van der Waals surface area (Å²) in [5.41, 5.74) is 4.23. The zero-order chi connectivity index (χ0) is 23.6. The highest BCUT2D eigenvalue weighted by molar-refractivity contribution is 7.13. The molecule has 1 aliphatic heterocycles. The van der Waals surface area contributed by atoms with Crippen molar-refractivity contribution in [2.45, 2.75) is 6.54 Å². The summed E-state index contributed by atoms with van der Waals surface area (Å²) in [5.74, 6) is 2.51. The Morgan fingerprint density at radius 1 is 0.914 bits per heavy atom. The Bertz CT molecular complexity index is 1420. The van der Waals surface area contributed by atoms with Gasteiger partial charge in [-0.2, -0.15) is 14.6 Å². The van der Waals surface area contributed by atoms with Crippen molar-refractivity contribution >= 4 is 22.9 Å². The van der Waals surface area contributed by atoms with Gasteiger partial charge in [-0.25, -0.2) is 9.97 Å². The Hall–Kier alpha value is -3.82. The lowest BCUT2D eigenvalue weighted by atomic mass is 10.1. The number of fused-ring (bicyclic) bond motifs is 1. The Balaban J connectivity index is 1.15. The Kier molecular flexibility index (Phi) is 5.85. The standard InChI is InChI=1S/C26H25N7OS/c1-34-22-9-7-20(8-10-22)25-29-21(17-35-25)16-31-11-13-32(14-12-31)24-15-23(19-5-3-2-4-6-19)30-26-27-18-28-33(24)26/h2-10,15,17-18H,11-14,16H2,1H3. The first-order valence-electron chi connectivity index (χ1n) is 11.6. The van der Waals surface area contributed by atoms with Gasteiger partial charge in [0.05, 0.1) is 18.5 Å². The molecule has 0 N–H and O–H groups in total. The van der Waals surface area contributed by atoms with Crippen LogP contribution < -0.4 is 9.64 Å². The number of ether oxygens (including phenoxy) is 1. The summed E-state index contributed by atoms with van der Waals surface area (Å²) in [6, 6.07) is 20.4. The van der Waals surface area contributed by atoms with Crippen molar-refractivity contribution in [1.29, 1.82) is 0 Å². The van der Waals surface area contributed by atoms with Crippen LogP contribution in [0.3, 0.4) is 0 Å². The zero-order valence-electron chi connectivity index (χ0n) is 19.4. The third-order valence-electron chi connectivity index (χ3n) is 6.27. The predicted octanol–water partition coefficient (Wildman–Crippen LogP) is 4.25. The SMILES string of the molecule is COc1ccc(-c2nc(CN3CCN(c4cc(-c5ccccc5)nc5ncnn45)CC3)cs2)cc1. The summed E-state index contributed by atoms with van der Waals surface area (Å²) < 4.78 is 7.10. The third-order valence-corrected chi connectivity index (χ3v) is 7.21. The van der Waals surface area contributed by atoms with E-state index < -0.39 is 0 Å². The molecule has 0 amide bonds. The number of rotatable bonds is 6. The van der Waals surface area contributed by atoms with Crippen LogP contribution in [0.1, 0.15) is 5.69 Å². The maximum Gasteiger partial charge on any atom is 0.254 e. The molecule has 0 atom stereocenters. The number of thiazole rings is 1. The van der Waals surface area contributed by atoms with Crippen LogP contribution >= 0.6 is 11.3 Å². The lowest BCUT2D eigenvalue weighted by Gasteiger charge is -2.35. The Morgan fingerprint density at radius 2 is 1.71 bits per heavy atom. The van der Waals surface area contributed by atoms with Crippen LogP contribution in [-0.2, 0) is 6.54 Å². The average Bonchev–Trinajstić information content (AvgIpc) is 3.59. The maximum absolute atomic E-state index is 5.26. The second-order valence-electron chi connectivity index (χ2n) is 8.47. The summed E-state index contributed by atoms with van der Waals surface area (Å²) in [7, 11) is 1.68. The van der Waals surface area contributed by atoms with Gasteiger partial charge in [0.25, 0.3) is 5.78 Å². The van der Waals surface area contributed by atoms with E-state index in [9.17, 15) is 0 Å². The minimum Gasteiger partial charge on any atom is -0.497 e. The largest absolute Gasteiger partial charge is 0.497 e. The summed E-state index contributed by atoms with van der Waals surface area (Å²) in [4.78, 5) is 18.8. The monoisotopic (exact) mass is 483 g/mol. The fraction of sp³-hybridized carbons (Fsp3) is 0.231. The van der Waals surface area contributed by atoms with Crippen molar-refractivity contribution < 1.29 is 4.74 Å². The highest BCUT2D eigenvalue weighted by Gasteiger charge is 2.22. The molecule has 1 saturated heterocycles. The Labute approximate surface area is 207 Å². The van der Waals surface area contributed by atoms with Crippen LogP contribution in [-0.4, -0.2) is 62.8 Å². The van der Waals surface area contributed by atoms with Gasteiger partial charge < -0.3 is 9.64 Å². The van der Waals surface area contributed by atoms with Crippen molar-refractivity contribution in [2.24, 2.45) is 0 Å². The van der Waals surface area contributed by atoms with Gasteiger partial charge in [0, 0.05) is 55.3 Å². The van der Waals surface area contributed by atoms with E-state index in [2.05, 4.69) is 55.6 Å².